The van der Waals surface area contributed by atoms with Gasteiger partial charge in [0, 0.05) is 11.1 Å². The minimum atomic E-state index is -0.742. The van der Waals surface area contributed by atoms with Crippen LogP contribution in [0.2, 0.25) is 0 Å². The molecule has 0 N–H and O–H groups in total. The third-order valence-electron chi connectivity index (χ3n) is 4.19. The van der Waals surface area contributed by atoms with Gasteiger partial charge in [0.05, 0.1) is 11.3 Å². The third-order valence-corrected chi connectivity index (χ3v) is 4.19. The molecule has 1 aliphatic heterocycles. The second-order valence-electron chi connectivity index (χ2n) is 6.77. The van der Waals surface area contributed by atoms with Crippen LogP contribution in [0, 0.1) is 0 Å². The first kappa shape index (κ1) is 19.8. The lowest BCUT2D eigenvalue weighted by atomic mass is 10.0. The predicted molar refractivity (Wildman–Crippen MR) is 93.9 cm³/mol. The van der Waals surface area contributed by atoms with E-state index in [-0.39, 0.29) is 17.4 Å². The molecule has 2 rings (SSSR count). The van der Waals surface area contributed by atoms with Crippen LogP contribution in [-0.2, 0) is 24.4 Å². The molecule has 1 heterocycles. The molecule has 2 amide bonds. The summed E-state index contributed by atoms with van der Waals surface area (Å²) in [7, 11) is 0. The number of carbonyl (C=O) groups is 3. The molecule has 0 radical (unpaired) electrons. The lowest BCUT2D eigenvalue weighted by Gasteiger charge is -2.20. The summed E-state index contributed by atoms with van der Waals surface area (Å²) < 4.78 is 0. The minimum Gasteiger partial charge on any atom is -0.269 e. The van der Waals surface area contributed by atoms with Gasteiger partial charge in [0.15, 0.2) is 0 Å². The summed E-state index contributed by atoms with van der Waals surface area (Å²) in [6.07, 6.45) is 1.64. The van der Waals surface area contributed by atoms with Gasteiger partial charge in [-0.3, -0.25) is 14.5 Å². The molecule has 0 saturated carbocycles. The fourth-order valence-corrected chi connectivity index (χ4v) is 2.56. The summed E-state index contributed by atoms with van der Waals surface area (Å²) in [6.45, 7) is 8.87. The van der Waals surface area contributed by atoms with Crippen molar-refractivity contribution in [2.24, 2.45) is 0 Å². The predicted octanol–water partition coefficient (Wildman–Crippen LogP) is 3.49. The molecule has 0 fully saturated rings. The van der Waals surface area contributed by atoms with E-state index < -0.39 is 11.6 Å². The SMILES string of the molecule is CCCC(C)(C)OOOC(=O)c1ccc(N2C(=O)C(C)=C(C)C2=O)cc1. The third kappa shape index (κ3) is 4.17. The molecule has 0 unspecified atom stereocenters. The minimum absolute atomic E-state index is 0.200. The Morgan fingerprint density at radius 1 is 1.04 bits per heavy atom. The van der Waals surface area contributed by atoms with Crippen molar-refractivity contribution >= 4 is 23.5 Å². The van der Waals surface area contributed by atoms with E-state index in [0.29, 0.717) is 16.8 Å². The van der Waals surface area contributed by atoms with Crippen LogP contribution in [0.3, 0.4) is 0 Å². The van der Waals surface area contributed by atoms with Crippen molar-refractivity contribution in [2.45, 2.75) is 53.1 Å². The Labute approximate surface area is 152 Å². The Morgan fingerprint density at radius 3 is 2.08 bits per heavy atom. The fourth-order valence-electron chi connectivity index (χ4n) is 2.56. The van der Waals surface area contributed by atoms with Crippen LogP contribution in [0.25, 0.3) is 0 Å². The van der Waals surface area contributed by atoms with Gasteiger partial charge in [-0.2, -0.15) is 4.89 Å². The lowest BCUT2D eigenvalue weighted by Crippen LogP contribution is -2.31. The highest BCUT2D eigenvalue weighted by atomic mass is 17.5. The van der Waals surface area contributed by atoms with E-state index in [1.807, 2.05) is 20.8 Å². The van der Waals surface area contributed by atoms with Gasteiger partial charge in [-0.05, 0) is 63.4 Å². The molecule has 0 aromatic heterocycles. The first-order valence-corrected chi connectivity index (χ1v) is 8.41. The van der Waals surface area contributed by atoms with Gasteiger partial charge in [-0.15, -0.1) is 0 Å². The number of benzene rings is 1. The number of carbonyl (C=O) groups excluding carboxylic acids is 3. The average Bonchev–Trinajstić information content (AvgIpc) is 2.78. The quantitative estimate of drug-likeness (QED) is 0.420. The van der Waals surface area contributed by atoms with Crippen molar-refractivity contribution in [2.75, 3.05) is 4.90 Å². The van der Waals surface area contributed by atoms with Crippen LogP contribution in [0.4, 0.5) is 5.69 Å². The van der Waals surface area contributed by atoms with Gasteiger partial charge in [-0.25, -0.2) is 9.69 Å². The molecular formula is C19H23NO6. The standard InChI is InChI=1S/C19H23NO6/c1-6-11-19(4,5)25-26-24-18(23)14-7-9-15(10-8-14)20-16(21)12(2)13(3)17(20)22/h7-10H,6,11H2,1-5H3. The number of imide groups is 1. The summed E-state index contributed by atoms with van der Waals surface area (Å²) >= 11 is 0. The molecule has 0 aliphatic carbocycles. The molecule has 1 aromatic rings. The number of nitrogens with zero attached hydrogens (tertiary/aromatic N) is 1. The molecule has 140 valence electrons. The monoisotopic (exact) mass is 361 g/mol. The summed E-state index contributed by atoms with van der Waals surface area (Å²) in [6, 6.07) is 5.89. The topological polar surface area (TPSA) is 82.1 Å². The van der Waals surface area contributed by atoms with Crippen LogP contribution in [0.1, 0.15) is 57.8 Å². The van der Waals surface area contributed by atoms with Crippen molar-refractivity contribution in [1.29, 1.82) is 0 Å². The molecule has 7 heteroatoms. The number of rotatable bonds is 7. The zero-order valence-corrected chi connectivity index (χ0v) is 15.6. The highest BCUT2D eigenvalue weighted by Crippen LogP contribution is 2.27. The number of hydrogen-bond donors (Lipinski definition) is 0. The lowest BCUT2D eigenvalue weighted by molar-refractivity contribution is -0.513. The Hall–Kier alpha value is -2.51. The average molecular weight is 361 g/mol. The van der Waals surface area contributed by atoms with Crippen LogP contribution >= 0.6 is 0 Å². The normalized spacial score (nSPS) is 15.0. The maximum atomic E-state index is 12.2. The molecule has 0 atom stereocenters. The Balaban J connectivity index is 1.98. The van der Waals surface area contributed by atoms with Crippen molar-refractivity contribution in [3.05, 3.63) is 41.0 Å². The summed E-state index contributed by atoms with van der Waals surface area (Å²) in [5.41, 5.74) is 0.843. The molecular weight excluding hydrogens is 338 g/mol. The Kier molecular flexibility index (Phi) is 5.94. The van der Waals surface area contributed by atoms with E-state index in [1.165, 1.54) is 24.3 Å². The van der Waals surface area contributed by atoms with Crippen LogP contribution in [-0.4, -0.2) is 23.4 Å². The molecule has 7 nitrogen and oxygen atoms in total. The Morgan fingerprint density at radius 2 is 1.58 bits per heavy atom. The molecule has 0 spiro atoms. The van der Waals surface area contributed by atoms with Crippen molar-refractivity contribution < 1.29 is 29.2 Å². The van der Waals surface area contributed by atoms with E-state index in [4.69, 9.17) is 4.89 Å². The van der Waals surface area contributed by atoms with Crippen molar-refractivity contribution in [1.82, 2.24) is 0 Å². The number of anilines is 1. The highest BCUT2D eigenvalue weighted by Gasteiger charge is 2.34. The second kappa shape index (κ2) is 7.80. The largest absolute Gasteiger partial charge is 0.376 e. The molecule has 1 aromatic carbocycles. The van der Waals surface area contributed by atoms with Gasteiger partial charge in [0.1, 0.15) is 5.60 Å². The maximum absolute atomic E-state index is 12.2. The second-order valence-corrected chi connectivity index (χ2v) is 6.77. The van der Waals surface area contributed by atoms with Crippen LogP contribution in [0.5, 0.6) is 0 Å². The molecule has 1 aliphatic rings. The van der Waals surface area contributed by atoms with E-state index in [2.05, 4.69) is 9.93 Å². The van der Waals surface area contributed by atoms with E-state index in [9.17, 15) is 14.4 Å². The molecule has 26 heavy (non-hydrogen) atoms. The molecule has 0 bridgehead atoms. The van der Waals surface area contributed by atoms with Gasteiger partial charge >= 0.3 is 5.97 Å². The molecule has 0 saturated heterocycles. The van der Waals surface area contributed by atoms with Gasteiger partial charge in [0.2, 0.25) is 0 Å². The first-order chi connectivity index (χ1) is 12.2. The number of hydrogen-bond acceptors (Lipinski definition) is 6. The van der Waals surface area contributed by atoms with Gasteiger partial charge < -0.3 is 0 Å². The van der Waals surface area contributed by atoms with E-state index in [1.54, 1.807) is 13.8 Å². The number of amides is 2. The van der Waals surface area contributed by atoms with Crippen molar-refractivity contribution in [3.8, 4) is 0 Å². The summed E-state index contributed by atoms with van der Waals surface area (Å²) in [5.74, 6) is -1.47. The highest BCUT2D eigenvalue weighted by molar-refractivity contribution is 6.32. The van der Waals surface area contributed by atoms with Gasteiger partial charge in [0.25, 0.3) is 11.8 Å². The fraction of sp³-hybridized carbons (Fsp3) is 0.421. The Bertz CT molecular complexity index is 724. The zero-order chi connectivity index (χ0) is 19.5. The summed E-state index contributed by atoms with van der Waals surface area (Å²) in [4.78, 5) is 47.1. The van der Waals surface area contributed by atoms with Crippen molar-refractivity contribution in [3.63, 3.8) is 0 Å². The van der Waals surface area contributed by atoms with Crippen LogP contribution in [0.15, 0.2) is 35.4 Å². The smallest absolute Gasteiger partial charge is 0.269 e. The van der Waals surface area contributed by atoms with E-state index >= 15 is 0 Å². The maximum Gasteiger partial charge on any atom is 0.376 e. The summed E-state index contributed by atoms with van der Waals surface area (Å²) in [5, 5.41) is 4.58. The van der Waals surface area contributed by atoms with Crippen LogP contribution < -0.4 is 4.90 Å². The first-order valence-electron chi connectivity index (χ1n) is 8.41. The van der Waals surface area contributed by atoms with Gasteiger partial charge in [-0.1, -0.05) is 13.3 Å². The zero-order valence-electron chi connectivity index (χ0n) is 15.6. The van der Waals surface area contributed by atoms with E-state index in [0.717, 1.165) is 17.7 Å².